The zero-order valence-corrected chi connectivity index (χ0v) is 9.71. The van der Waals surface area contributed by atoms with Crippen LogP contribution in [0.25, 0.3) is 0 Å². The van der Waals surface area contributed by atoms with Gasteiger partial charge in [0.2, 0.25) is 0 Å². The second-order valence-corrected chi connectivity index (χ2v) is 4.19. The van der Waals surface area contributed by atoms with Gasteiger partial charge in [-0.2, -0.15) is 0 Å². The summed E-state index contributed by atoms with van der Waals surface area (Å²) in [5.74, 6) is -2.95. The Morgan fingerprint density at radius 3 is 1.88 bits per heavy atom. The Hall–Kier alpha value is -1.59. The summed E-state index contributed by atoms with van der Waals surface area (Å²) in [4.78, 5) is 34.4. The van der Waals surface area contributed by atoms with Crippen molar-refractivity contribution in [2.24, 2.45) is 0 Å². The molecule has 0 aromatic heterocycles. The van der Waals surface area contributed by atoms with Crippen LogP contribution in [-0.4, -0.2) is 29.2 Å². The SMILES string of the molecule is O=C([O-])CN1C(=O)c2cc(Cl)c(Cl)cc2C1=O. The Balaban J connectivity index is 2.49. The molecule has 2 rings (SSSR count). The predicted molar refractivity (Wildman–Crippen MR) is 56.8 cm³/mol. The van der Waals surface area contributed by atoms with Crippen molar-refractivity contribution in [2.75, 3.05) is 6.54 Å². The van der Waals surface area contributed by atoms with E-state index in [1.807, 2.05) is 0 Å². The number of hydrogen-bond donors (Lipinski definition) is 0. The molecule has 0 saturated carbocycles. The van der Waals surface area contributed by atoms with Crippen LogP contribution in [0.3, 0.4) is 0 Å². The van der Waals surface area contributed by atoms with Crippen molar-refractivity contribution < 1.29 is 19.5 Å². The summed E-state index contributed by atoms with van der Waals surface area (Å²) in [7, 11) is 0. The van der Waals surface area contributed by atoms with E-state index in [0.29, 0.717) is 4.90 Å². The van der Waals surface area contributed by atoms with Gasteiger partial charge in [-0.15, -0.1) is 0 Å². The van der Waals surface area contributed by atoms with Crippen LogP contribution in [0.5, 0.6) is 0 Å². The zero-order valence-electron chi connectivity index (χ0n) is 8.20. The van der Waals surface area contributed by atoms with Crippen molar-refractivity contribution in [1.82, 2.24) is 4.90 Å². The number of carboxylic acid groups (broad SMARTS) is 1. The van der Waals surface area contributed by atoms with E-state index in [1.54, 1.807) is 0 Å². The van der Waals surface area contributed by atoms with Crippen molar-refractivity contribution in [1.29, 1.82) is 0 Å². The number of carbonyl (C=O) groups is 3. The monoisotopic (exact) mass is 272 g/mol. The molecule has 0 fully saturated rings. The lowest BCUT2D eigenvalue weighted by Crippen LogP contribution is -2.41. The molecule has 0 unspecified atom stereocenters. The van der Waals surface area contributed by atoms with Gasteiger partial charge in [0.1, 0.15) is 0 Å². The summed E-state index contributed by atoms with van der Waals surface area (Å²) in [5.41, 5.74) is 0.0938. The first kappa shape index (κ1) is 11.9. The van der Waals surface area contributed by atoms with Gasteiger partial charge in [-0.3, -0.25) is 14.5 Å². The maximum atomic E-state index is 11.7. The van der Waals surface area contributed by atoms with Crippen LogP contribution in [0.4, 0.5) is 0 Å². The van der Waals surface area contributed by atoms with Crippen LogP contribution in [0.1, 0.15) is 20.7 Å². The number of fused-ring (bicyclic) bond motifs is 1. The molecule has 17 heavy (non-hydrogen) atoms. The minimum absolute atomic E-state index is 0.0469. The molecule has 1 aliphatic heterocycles. The van der Waals surface area contributed by atoms with Crippen molar-refractivity contribution in [3.8, 4) is 0 Å². The third-order valence-corrected chi connectivity index (χ3v) is 3.02. The number of halogens is 2. The van der Waals surface area contributed by atoms with Crippen LogP contribution < -0.4 is 5.11 Å². The standard InChI is InChI=1S/C10H5Cl2NO4/c11-6-1-4-5(2-7(6)12)10(17)13(9(4)16)3-8(14)15/h1-2H,3H2,(H,14,15)/p-1. The summed E-state index contributed by atoms with van der Waals surface area (Å²) in [6, 6.07) is 2.49. The fraction of sp³-hybridized carbons (Fsp3) is 0.100. The predicted octanol–water partition coefficient (Wildman–Crippen LogP) is 0.339. The Kier molecular flexibility index (Phi) is 2.81. The largest absolute Gasteiger partial charge is 0.548 e. The van der Waals surface area contributed by atoms with Crippen LogP contribution in [0, 0.1) is 0 Å². The fourth-order valence-corrected chi connectivity index (χ4v) is 1.88. The first-order chi connectivity index (χ1) is 7.91. The highest BCUT2D eigenvalue weighted by Gasteiger charge is 2.36. The summed E-state index contributed by atoms with van der Waals surface area (Å²) >= 11 is 11.4. The van der Waals surface area contributed by atoms with Gasteiger partial charge in [-0.05, 0) is 12.1 Å². The third-order valence-electron chi connectivity index (χ3n) is 2.30. The maximum absolute atomic E-state index is 11.7. The van der Waals surface area contributed by atoms with E-state index in [-0.39, 0.29) is 21.2 Å². The molecule has 0 radical (unpaired) electrons. The first-order valence-electron chi connectivity index (χ1n) is 4.47. The summed E-state index contributed by atoms with van der Waals surface area (Å²) in [5, 5.41) is 10.7. The van der Waals surface area contributed by atoms with E-state index in [2.05, 4.69) is 0 Å². The Bertz CT molecular complexity index is 514. The molecule has 0 N–H and O–H groups in total. The molecule has 88 valence electrons. The van der Waals surface area contributed by atoms with Gasteiger partial charge < -0.3 is 9.90 Å². The summed E-state index contributed by atoms with van der Waals surface area (Å²) in [6.45, 7) is -0.790. The normalized spacial score (nSPS) is 14.1. The molecule has 5 nitrogen and oxygen atoms in total. The van der Waals surface area contributed by atoms with Crippen LogP contribution in [0.15, 0.2) is 12.1 Å². The molecule has 7 heteroatoms. The minimum atomic E-state index is -1.52. The number of carbonyl (C=O) groups excluding carboxylic acids is 3. The minimum Gasteiger partial charge on any atom is -0.548 e. The fourth-order valence-electron chi connectivity index (χ4n) is 1.56. The third kappa shape index (κ3) is 1.87. The number of carboxylic acids is 1. The van der Waals surface area contributed by atoms with Crippen molar-refractivity contribution in [3.63, 3.8) is 0 Å². The molecule has 0 aliphatic carbocycles. The van der Waals surface area contributed by atoms with E-state index >= 15 is 0 Å². The molecule has 0 atom stereocenters. The van der Waals surface area contributed by atoms with Crippen LogP contribution in [0.2, 0.25) is 10.0 Å². The molecular formula is C10H4Cl2NO4-. The van der Waals surface area contributed by atoms with Gasteiger partial charge in [-0.1, -0.05) is 23.2 Å². The Morgan fingerprint density at radius 2 is 1.53 bits per heavy atom. The lowest BCUT2D eigenvalue weighted by molar-refractivity contribution is -0.305. The van der Waals surface area contributed by atoms with Gasteiger partial charge in [0.25, 0.3) is 11.8 Å². The van der Waals surface area contributed by atoms with Gasteiger partial charge in [-0.25, -0.2) is 0 Å². The lowest BCUT2D eigenvalue weighted by Gasteiger charge is -2.13. The molecule has 2 amide bonds. The molecule has 0 bridgehead atoms. The molecule has 1 aromatic rings. The lowest BCUT2D eigenvalue weighted by atomic mass is 10.1. The summed E-state index contributed by atoms with van der Waals surface area (Å²) in [6.07, 6.45) is 0. The number of nitrogens with zero attached hydrogens (tertiary/aromatic N) is 1. The Labute approximate surface area is 106 Å². The number of rotatable bonds is 2. The van der Waals surface area contributed by atoms with E-state index in [0.717, 1.165) is 0 Å². The van der Waals surface area contributed by atoms with E-state index in [9.17, 15) is 19.5 Å². The average molecular weight is 273 g/mol. The smallest absolute Gasteiger partial charge is 0.261 e. The van der Waals surface area contributed by atoms with Crippen molar-refractivity contribution in [2.45, 2.75) is 0 Å². The quantitative estimate of drug-likeness (QED) is 0.728. The Morgan fingerprint density at radius 1 is 1.12 bits per heavy atom. The molecule has 0 saturated heterocycles. The number of hydrogen-bond acceptors (Lipinski definition) is 4. The van der Waals surface area contributed by atoms with Crippen LogP contribution >= 0.6 is 23.2 Å². The highest BCUT2D eigenvalue weighted by atomic mass is 35.5. The van der Waals surface area contributed by atoms with Gasteiger partial charge in [0.05, 0.1) is 33.7 Å². The number of benzene rings is 1. The second-order valence-electron chi connectivity index (χ2n) is 3.38. The molecule has 1 heterocycles. The number of aliphatic carboxylic acids is 1. The topological polar surface area (TPSA) is 77.5 Å². The highest BCUT2D eigenvalue weighted by molar-refractivity contribution is 6.43. The number of amides is 2. The summed E-state index contributed by atoms with van der Waals surface area (Å²) < 4.78 is 0. The number of imide groups is 1. The van der Waals surface area contributed by atoms with Gasteiger partial charge in [0.15, 0.2) is 0 Å². The maximum Gasteiger partial charge on any atom is 0.261 e. The highest BCUT2D eigenvalue weighted by Crippen LogP contribution is 2.31. The zero-order chi connectivity index (χ0) is 12.7. The van der Waals surface area contributed by atoms with E-state index in [1.165, 1.54) is 12.1 Å². The van der Waals surface area contributed by atoms with E-state index < -0.39 is 24.3 Å². The average Bonchev–Trinajstić information content (AvgIpc) is 2.45. The van der Waals surface area contributed by atoms with Gasteiger partial charge in [0, 0.05) is 0 Å². The molecule has 0 spiro atoms. The molecule has 1 aliphatic rings. The molecule has 1 aromatic carbocycles. The first-order valence-corrected chi connectivity index (χ1v) is 5.22. The van der Waals surface area contributed by atoms with Crippen molar-refractivity contribution in [3.05, 3.63) is 33.3 Å². The van der Waals surface area contributed by atoms with Crippen LogP contribution in [-0.2, 0) is 4.79 Å². The molecular weight excluding hydrogens is 269 g/mol. The van der Waals surface area contributed by atoms with Crippen molar-refractivity contribution >= 4 is 41.0 Å². The van der Waals surface area contributed by atoms with E-state index in [4.69, 9.17) is 23.2 Å². The second kappa shape index (κ2) is 4.01. The van der Waals surface area contributed by atoms with Gasteiger partial charge >= 0.3 is 0 Å².